The second-order valence-electron chi connectivity index (χ2n) is 6.25. The van der Waals surface area contributed by atoms with E-state index in [0.717, 1.165) is 43.2 Å². The number of halogens is 1. The van der Waals surface area contributed by atoms with E-state index in [-0.39, 0.29) is 24.6 Å². The summed E-state index contributed by atoms with van der Waals surface area (Å²) in [5, 5.41) is 0. The van der Waals surface area contributed by atoms with E-state index in [1.807, 2.05) is 6.92 Å². The van der Waals surface area contributed by atoms with Gasteiger partial charge in [-0.05, 0) is 56.9 Å². The molecule has 0 aliphatic heterocycles. The van der Waals surface area contributed by atoms with E-state index in [4.69, 9.17) is 13.9 Å². The van der Waals surface area contributed by atoms with Gasteiger partial charge in [0.1, 0.15) is 30.2 Å². The maximum Gasteiger partial charge on any atom is 0.226 e. The molecular weight excluding hydrogens is 325 g/mol. The lowest BCUT2D eigenvalue weighted by atomic mass is 9.95. The molecule has 2 aromatic rings. The first kappa shape index (κ1) is 17.8. The monoisotopic (exact) mass is 347 g/mol. The number of oxazole rings is 1. The van der Waals surface area contributed by atoms with Crippen molar-refractivity contribution >= 4 is 6.29 Å². The average Bonchev–Trinajstić information content (AvgIpc) is 3.00. The minimum Gasteiger partial charge on any atom is -0.441 e. The summed E-state index contributed by atoms with van der Waals surface area (Å²) in [4.78, 5) is 14.9. The van der Waals surface area contributed by atoms with Gasteiger partial charge in [-0.25, -0.2) is 9.37 Å². The summed E-state index contributed by atoms with van der Waals surface area (Å²) < 4.78 is 30.2. The molecule has 1 saturated carbocycles. The smallest absolute Gasteiger partial charge is 0.226 e. The largest absolute Gasteiger partial charge is 0.441 e. The molecular formula is C19H22FNO4. The van der Waals surface area contributed by atoms with E-state index < -0.39 is 0 Å². The Balaban J connectivity index is 1.58. The fraction of sp³-hybridized carbons (Fsp3) is 0.474. The van der Waals surface area contributed by atoms with Crippen LogP contribution in [0.15, 0.2) is 28.7 Å². The van der Waals surface area contributed by atoms with Crippen LogP contribution in [0.3, 0.4) is 0 Å². The molecule has 0 spiro atoms. The van der Waals surface area contributed by atoms with E-state index in [9.17, 15) is 9.18 Å². The highest BCUT2D eigenvalue weighted by Gasteiger charge is 2.24. The lowest BCUT2D eigenvalue weighted by Gasteiger charge is -2.28. The fourth-order valence-electron chi connectivity index (χ4n) is 3.05. The number of aryl methyl sites for hydroxylation is 1. The third kappa shape index (κ3) is 4.74. The van der Waals surface area contributed by atoms with Crippen molar-refractivity contribution in [2.24, 2.45) is 0 Å². The molecule has 5 nitrogen and oxygen atoms in total. The second-order valence-corrected chi connectivity index (χ2v) is 6.25. The Bertz CT molecular complexity index is 698. The Morgan fingerprint density at radius 2 is 1.96 bits per heavy atom. The van der Waals surface area contributed by atoms with Gasteiger partial charge in [0, 0.05) is 5.56 Å². The Kier molecular flexibility index (Phi) is 5.94. The van der Waals surface area contributed by atoms with Crippen LogP contribution in [0.5, 0.6) is 0 Å². The zero-order valence-corrected chi connectivity index (χ0v) is 14.2. The van der Waals surface area contributed by atoms with Crippen LogP contribution in [0.2, 0.25) is 0 Å². The van der Waals surface area contributed by atoms with Crippen molar-refractivity contribution in [3.63, 3.8) is 0 Å². The van der Waals surface area contributed by atoms with Crippen LogP contribution in [0.4, 0.5) is 4.39 Å². The second kappa shape index (κ2) is 8.36. The van der Waals surface area contributed by atoms with E-state index in [1.165, 1.54) is 12.1 Å². The first-order valence-corrected chi connectivity index (χ1v) is 8.55. The molecule has 1 aromatic heterocycles. The van der Waals surface area contributed by atoms with Gasteiger partial charge >= 0.3 is 0 Å². The molecule has 0 amide bonds. The number of aromatic nitrogens is 1. The number of aldehydes is 1. The van der Waals surface area contributed by atoms with Crippen molar-refractivity contribution in [2.45, 2.75) is 51.4 Å². The summed E-state index contributed by atoms with van der Waals surface area (Å²) in [6.07, 6.45) is 4.70. The number of ether oxygens (including phenoxy) is 2. The van der Waals surface area contributed by atoms with Gasteiger partial charge in [0.2, 0.25) is 5.89 Å². The number of rotatable bonds is 7. The quantitative estimate of drug-likeness (QED) is 0.712. The number of hydrogen-bond acceptors (Lipinski definition) is 5. The van der Waals surface area contributed by atoms with Crippen molar-refractivity contribution in [2.75, 3.05) is 6.61 Å². The van der Waals surface area contributed by atoms with Crippen LogP contribution in [0.25, 0.3) is 11.5 Å². The van der Waals surface area contributed by atoms with Gasteiger partial charge in [-0.3, -0.25) is 0 Å². The Hall–Kier alpha value is -2.05. The molecule has 1 heterocycles. The maximum atomic E-state index is 13.0. The first-order valence-electron chi connectivity index (χ1n) is 8.55. The van der Waals surface area contributed by atoms with Crippen LogP contribution < -0.4 is 0 Å². The molecule has 134 valence electrons. The number of carbonyl (C=O) groups is 1. The molecule has 3 rings (SSSR count). The topological polar surface area (TPSA) is 61.6 Å². The Morgan fingerprint density at radius 1 is 1.24 bits per heavy atom. The van der Waals surface area contributed by atoms with Gasteiger partial charge in [0.05, 0.1) is 18.8 Å². The summed E-state index contributed by atoms with van der Waals surface area (Å²) in [5.74, 6) is 0.870. The fourth-order valence-corrected chi connectivity index (χ4v) is 3.05. The predicted molar refractivity (Wildman–Crippen MR) is 89.5 cm³/mol. The van der Waals surface area contributed by atoms with Crippen molar-refractivity contribution in [1.82, 2.24) is 4.98 Å². The van der Waals surface area contributed by atoms with Crippen LogP contribution in [-0.2, 0) is 20.9 Å². The third-order valence-corrected chi connectivity index (χ3v) is 4.42. The summed E-state index contributed by atoms with van der Waals surface area (Å²) >= 11 is 0. The van der Waals surface area contributed by atoms with Crippen molar-refractivity contribution in [1.29, 1.82) is 0 Å². The first-order chi connectivity index (χ1) is 12.2. The average molecular weight is 347 g/mol. The highest BCUT2D eigenvalue weighted by molar-refractivity contribution is 5.53. The summed E-state index contributed by atoms with van der Waals surface area (Å²) in [6.45, 7) is 2.35. The maximum absolute atomic E-state index is 13.0. The van der Waals surface area contributed by atoms with Crippen molar-refractivity contribution < 1.29 is 23.1 Å². The van der Waals surface area contributed by atoms with Crippen LogP contribution >= 0.6 is 0 Å². The van der Waals surface area contributed by atoms with E-state index in [0.29, 0.717) is 18.3 Å². The Labute approximate surface area is 146 Å². The molecule has 0 bridgehead atoms. The molecule has 0 radical (unpaired) electrons. The molecule has 0 N–H and O–H groups in total. The van der Waals surface area contributed by atoms with Crippen LogP contribution in [0.1, 0.15) is 37.1 Å². The van der Waals surface area contributed by atoms with E-state index >= 15 is 0 Å². The lowest BCUT2D eigenvalue weighted by molar-refractivity contribution is -0.116. The van der Waals surface area contributed by atoms with Gasteiger partial charge in [-0.1, -0.05) is 0 Å². The van der Waals surface area contributed by atoms with Gasteiger partial charge in [0.25, 0.3) is 0 Å². The highest BCUT2D eigenvalue weighted by atomic mass is 19.1. The summed E-state index contributed by atoms with van der Waals surface area (Å²) in [6, 6.07) is 6.04. The minimum atomic E-state index is -0.292. The molecule has 25 heavy (non-hydrogen) atoms. The molecule has 0 unspecified atom stereocenters. The highest BCUT2D eigenvalue weighted by Crippen LogP contribution is 2.26. The zero-order chi connectivity index (χ0) is 17.6. The normalized spacial score (nSPS) is 20.6. The number of benzene rings is 1. The van der Waals surface area contributed by atoms with Crippen LogP contribution in [-0.4, -0.2) is 30.1 Å². The molecule has 1 aromatic carbocycles. The molecule has 2 atom stereocenters. The number of hydrogen-bond donors (Lipinski definition) is 0. The van der Waals surface area contributed by atoms with Crippen molar-refractivity contribution in [3.8, 4) is 11.5 Å². The zero-order valence-electron chi connectivity index (χ0n) is 14.2. The minimum absolute atomic E-state index is 0.0807. The summed E-state index contributed by atoms with van der Waals surface area (Å²) in [7, 11) is 0. The van der Waals surface area contributed by atoms with Crippen molar-refractivity contribution in [3.05, 3.63) is 41.5 Å². The van der Waals surface area contributed by atoms with Gasteiger partial charge in [-0.15, -0.1) is 0 Å². The molecule has 1 aliphatic carbocycles. The SMILES string of the molecule is Cc1oc(-c2ccc(F)cc2)nc1CO[C@H]1CCC[C@@H](OCC=O)C1. The lowest BCUT2D eigenvalue weighted by Crippen LogP contribution is -2.28. The molecule has 1 fully saturated rings. The summed E-state index contributed by atoms with van der Waals surface area (Å²) in [5.41, 5.74) is 1.48. The van der Waals surface area contributed by atoms with Crippen LogP contribution in [0, 0.1) is 12.7 Å². The van der Waals surface area contributed by atoms with E-state index in [1.54, 1.807) is 12.1 Å². The van der Waals surface area contributed by atoms with E-state index in [2.05, 4.69) is 4.98 Å². The number of carbonyl (C=O) groups excluding carboxylic acids is 1. The van der Waals surface area contributed by atoms with Gasteiger partial charge in [0.15, 0.2) is 0 Å². The predicted octanol–water partition coefficient (Wildman–Crippen LogP) is 3.83. The Morgan fingerprint density at radius 3 is 2.68 bits per heavy atom. The molecule has 1 aliphatic rings. The number of nitrogens with zero attached hydrogens (tertiary/aromatic N) is 1. The molecule has 0 saturated heterocycles. The third-order valence-electron chi connectivity index (χ3n) is 4.42. The van der Waals surface area contributed by atoms with Gasteiger partial charge in [-0.2, -0.15) is 0 Å². The molecule has 6 heteroatoms. The van der Waals surface area contributed by atoms with Gasteiger partial charge < -0.3 is 18.7 Å². The standard InChI is InChI=1S/C19H22FNO4/c1-13-18(21-19(25-13)14-5-7-15(20)8-6-14)12-24-17-4-2-3-16(11-17)23-10-9-22/h5-9,16-17H,2-4,10-12H2,1H3/t16-,17+/m1/s1.